The number of carbonyl (C=O) groups excluding carboxylic acids is 8. The normalized spacial score (nSPS) is 24.5. The number of anilines is 2. The Labute approximate surface area is 628 Å². The van der Waals surface area contributed by atoms with Gasteiger partial charge in [-0.2, -0.15) is 0 Å². The van der Waals surface area contributed by atoms with Gasteiger partial charge in [0.05, 0.1) is 41.5 Å². The lowest BCUT2D eigenvalue weighted by Gasteiger charge is -2.39. The summed E-state index contributed by atoms with van der Waals surface area (Å²) >= 11 is 0. The number of Topliss-reactive ketones (excluding diaryl/α,β-unsaturated/α-hetero) is 1. The molecular weight excluding hydrogens is 1440 g/mol. The summed E-state index contributed by atoms with van der Waals surface area (Å²) in [6.45, 7) is 21.4. The van der Waals surface area contributed by atoms with Gasteiger partial charge in [0.1, 0.15) is 52.7 Å². The number of allylic oxidation sites excluding steroid dienone is 2. The number of ether oxygens (including phenoxy) is 7. The van der Waals surface area contributed by atoms with Crippen molar-refractivity contribution in [2.45, 2.75) is 214 Å². The van der Waals surface area contributed by atoms with E-state index >= 15 is 4.79 Å². The van der Waals surface area contributed by atoms with Crippen molar-refractivity contribution < 1.29 is 116 Å². The van der Waals surface area contributed by atoms with E-state index in [1.807, 2.05) is 6.92 Å². The number of rotatable bonds is 27. The van der Waals surface area contributed by atoms with Crippen molar-refractivity contribution >= 4 is 84.8 Å². The molecule has 11 atom stereocenters. The molecule has 0 aliphatic carbocycles. The van der Waals surface area contributed by atoms with E-state index in [4.69, 9.17) is 38.2 Å². The zero-order valence-corrected chi connectivity index (χ0v) is 65.7. The Morgan fingerprint density at radius 3 is 2.08 bits per heavy atom. The van der Waals surface area contributed by atoms with Crippen LogP contribution in [0.2, 0.25) is 0 Å². The maximum absolute atomic E-state index is 15.1. The molecule has 1 spiro atoms. The number of nitrogens with zero attached hydrogens (tertiary/aromatic N) is 3. The second kappa shape index (κ2) is 37.1. The maximum Gasteiger partial charge on any atom is 0.410 e. The third kappa shape index (κ3) is 21.5. The number of hydrogen-bond acceptors (Lipinski definition) is 23. The second-order valence-electron chi connectivity index (χ2n) is 29.6. The topological polar surface area (TPSA) is 453 Å². The molecule has 0 radical (unpaired) electrons. The number of phenols is 2. The Bertz CT molecular complexity index is 4130. The molecule has 5 bridgehead atoms. The van der Waals surface area contributed by atoms with Gasteiger partial charge in [-0.05, 0) is 61.8 Å². The zero-order valence-electron chi connectivity index (χ0n) is 63.9. The number of hydrogen-bond donors (Lipinski definition) is 11. The Kier molecular flexibility index (Phi) is 29.9. The summed E-state index contributed by atoms with van der Waals surface area (Å²) in [7, 11) is -9.39. The van der Waals surface area contributed by atoms with Crippen molar-refractivity contribution in [3.05, 3.63) is 87.8 Å². The lowest BCUT2D eigenvalue weighted by Crippen LogP contribution is -2.50. The Hall–Kier alpha value is -8.12. The van der Waals surface area contributed by atoms with Crippen LogP contribution in [0.3, 0.4) is 0 Å². The standard InChI is InChI=1S/C75H107N7O24P2/c1-15-17-18-19-20-21-30-73(12,71(107(94,95)96)108(97,98)99)37-49-25-27-50(28-26-49)77-53(84)36-51(78-72(93)102-40-101-54(85)16-2)70(92)76-38-55(86)105-65-42(5)23-22-24-43(6)69(91)79-61-60-59(80-75(81-60)31-33-82(34-32-75)39-41(3)4)56-57(64(61)89)63(88)47(10)67-58(56)68(90)74(13,106-67)103-35-29-52(100-14)44(7)66(104-48(11)83)46(9)62(87)45(65)8/h22-29,35,41-42,44-46,51-52,62,65-66,71,80,87-89H,15-21,30-34,36-40H2,1-14H3,(H,76,92)(H,77,84)(H,78,93)(H2,94,95,96)(H2,97,98,99)/b23-22+,35-29+,43-24-,79-61?/t42-,44+,45-,46+,51+,52-,62+,65-,66+,73?,74-/m0/s1. The van der Waals surface area contributed by atoms with Crippen molar-refractivity contribution in [3.63, 3.8) is 0 Å². The number of fused-ring (bicyclic) bond motifs is 13. The van der Waals surface area contributed by atoms with E-state index in [0.29, 0.717) is 50.3 Å². The first-order valence-corrected chi connectivity index (χ1v) is 39.9. The number of unbranched alkanes of at least 4 members (excludes halogenated alkanes) is 5. The smallest absolute Gasteiger partial charge is 0.410 e. The average molecular weight is 1550 g/mol. The van der Waals surface area contributed by atoms with E-state index in [-0.39, 0.29) is 74.6 Å². The third-order valence-corrected chi connectivity index (χ3v) is 24.8. The number of carbonyl (C=O) groups is 8. The fourth-order valence-electron chi connectivity index (χ4n) is 14.8. The van der Waals surface area contributed by atoms with Gasteiger partial charge in [0.25, 0.3) is 11.7 Å². The van der Waals surface area contributed by atoms with Crippen molar-refractivity contribution in [2.24, 2.45) is 45.0 Å². The minimum Gasteiger partial charge on any atom is -0.507 e. The first kappa shape index (κ1) is 87.1. The van der Waals surface area contributed by atoms with Gasteiger partial charge in [-0.15, -0.1) is 0 Å². The number of piperidine rings is 1. The molecule has 596 valence electrons. The van der Waals surface area contributed by atoms with Crippen molar-refractivity contribution in [3.8, 4) is 17.2 Å². The number of aliphatic hydroxyl groups is 1. The highest BCUT2D eigenvalue weighted by atomic mass is 31.2. The van der Waals surface area contributed by atoms with E-state index in [9.17, 15) is 77.6 Å². The summed E-state index contributed by atoms with van der Waals surface area (Å²) < 4.78 is 65.9. The summed E-state index contributed by atoms with van der Waals surface area (Å²) in [6.07, 6.45) is 5.54. The number of phenolic OH excluding ortho intramolecular Hbond substituents is 2. The summed E-state index contributed by atoms with van der Waals surface area (Å²) in [5, 5.41) is 45.0. The monoisotopic (exact) mass is 1550 g/mol. The third-order valence-electron chi connectivity index (χ3n) is 20.5. The number of alkyl carbamates (subject to hydrolysis) is 1. The largest absolute Gasteiger partial charge is 0.507 e. The molecule has 11 N–H and O–H groups in total. The molecule has 3 aromatic rings. The molecule has 0 saturated carbocycles. The van der Waals surface area contributed by atoms with E-state index in [1.165, 1.54) is 97.4 Å². The zero-order chi connectivity index (χ0) is 80.1. The molecule has 4 amide bonds. The number of amides is 4. The summed E-state index contributed by atoms with van der Waals surface area (Å²) in [6, 6.07) is 3.97. The van der Waals surface area contributed by atoms with Crippen LogP contribution in [0.1, 0.15) is 175 Å². The van der Waals surface area contributed by atoms with E-state index < -0.39 is 170 Å². The predicted molar refractivity (Wildman–Crippen MR) is 397 cm³/mol. The summed E-state index contributed by atoms with van der Waals surface area (Å²) in [5.74, 6) is -12.8. The average Bonchev–Trinajstić information content (AvgIpc) is 1.53. The van der Waals surface area contributed by atoms with Gasteiger partial charge in [0.2, 0.25) is 18.6 Å². The molecular formula is C75H107N7O24P2. The van der Waals surface area contributed by atoms with Crippen LogP contribution < -0.4 is 36.7 Å². The van der Waals surface area contributed by atoms with Crippen molar-refractivity contribution in [1.82, 2.24) is 15.5 Å². The van der Waals surface area contributed by atoms with Gasteiger partial charge in [-0.1, -0.05) is 131 Å². The number of nitrogens with one attached hydrogen (secondary N) is 4. The van der Waals surface area contributed by atoms with Crippen LogP contribution >= 0.6 is 15.2 Å². The minimum atomic E-state index is -5.38. The summed E-state index contributed by atoms with van der Waals surface area (Å²) in [5.41, 5.74) is -1.79. The highest BCUT2D eigenvalue weighted by Gasteiger charge is 2.55. The quantitative estimate of drug-likeness (QED) is 0.00851. The molecule has 8 rings (SSSR count). The number of methoxy groups -OCH3 is 1. The predicted octanol–water partition coefficient (Wildman–Crippen LogP) is 8.43. The van der Waals surface area contributed by atoms with Crippen molar-refractivity contribution in [1.29, 1.82) is 0 Å². The van der Waals surface area contributed by atoms with E-state index in [0.717, 1.165) is 32.2 Å². The Morgan fingerprint density at radius 1 is 0.833 bits per heavy atom. The highest BCUT2D eigenvalue weighted by Crippen LogP contribution is 2.68. The summed E-state index contributed by atoms with van der Waals surface area (Å²) in [4.78, 5) is 163. The minimum absolute atomic E-state index is 0.0168. The molecule has 1 fully saturated rings. The molecule has 1 unspecified atom stereocenters. The molecule has 1 saturated heterocycles. The van der Waals surface area contributed by atoms with Gasteiger partial charge in [0.15, 0.2) is 11.1 Å². The lowest BCUT2D eigenvalue weighted by atomic mass is 9.78. The van der Waals surface area contributed by atoms with Crippen LogP contribution in [0.15, 0.2) is 70.4 Å². The first-order chi connectivity index (χ1) is 50.6. The number of ketones is 1. The van der Waals surface area contributed by atoms with Gasteiger partial charge >= 0.3 is 45.0 Å². The van der Waals surface area contributed by atoms with Crippen LogP contribution in [0.25, 0.3) is 10.8 Å². The highest BCUT2D eigenvalue weighted by molar-refractivity contribution is 7.71. The molecule has 31 nitrogen and oxygen atoms in total. The number of esters is 3. The van der Waals surface area contributed by atoms with Gasteiger partial charge in [0, 0.05) is 106 Å². The van der Waals surface area contributed by atoms with Crippen LogP contribution in [0, 0.1) is 41.9 Å². The molecule has 33 heteroatoms. The van der Waals surface area contributed by atoms with Crippen LogP contribution in [-0.4, -0.2) is 175 Å². The first-order valence-electron chi connectivity index (χ1n) is 36.6. The molecule has 5 aliphatic rings. The Balaban J connectivity index is 1.20. The van der Waals surface area contributed by atoms with Crippen molar-refractivity contribution in [2.75, 3.05) is 50.7 Å². The number of aliphatic hydroxyl groups excluding tert-OH is 1. The second-order valence-corrected chi connectivity index (χ2v) is 33.4. The van der Waals surface area contributed by atoms with Gasteiger partial charge in [-0.3, -0.25) is 47.7 Å². The molecule has 0 aromatic heterocycles. The van der Waals surface area contributed by atoms with Gasteiger partial charge < -0.3 is 94.2 Å². The van der Waals surface area contributed by atoms with Crippen LogP contribution in [0.4, 0.5) is 16.2 Å². The van der Waals surface area contributed by atoms with Crippen LogP contribution in [-0.2, 0) is 72.7 Å². The lowest BCUT2D eigenvalue weighted by molar-refractivity contribution is -0.165. The maximum atomic E-state index is 15.1. The number of aromatic hydroxyl groups is 2. The molecule has 108 heavy (non-hydrogen) atoms. The molecule has 3 aromatic carbocycles. The van der Waals surface area contributed by atoms with Gasteiger partial charge in [-0.25, -0.2) is 9.79 Å². The Morgan fingerprint density at radius 2 is 1.47 bits per heavy atom. The fraction of sp³-hybridized carbons (Fsp3) is 0.600. The fourth-order valence-corrected chi connectivity index (χ4v) is 18.4. The van der Waals surface area contributed by atoms with E-state index in [2.05, 4.69) is 45.0 Å². The molecule has 5 heterocycles. The SMILES string of the molecule is CCCCCCCCC(C)(Cc1ccc(NC(=O)C[C@@H](NC(=O)OCOC(=O)CC)C(=O)NCC(=O)O[C@@H]2[C@@H](C)[C@@H](O)[C@@H](C)[C@H](OC(C)=O)[C@H](C)[C@@H](OC)/C=C/O[C@@]3(C)Oc4c(C)c(O)c5c(O)c(c6c(c5c4C3=O)NC3(CCN(CC(C)C)CC3)N=6)=NC(=O)/C(C)=C\C=C\[C@@H]2C)cc1)C(P(=O)(O)O)P(=O)(O)O. The molecule has 5 aliphatic heterocycles. The number of likely N-dealkylation sites (tertiary alicyclic amines) is 1. The number of benzene rings is 3. The van der Waals surface area contributed by atoms with Crippen LogP contribution in [0.5, 0.6) is 17.2 Å². The van der Waals surface area contributed by atoms with E-state index in [1.54, 1.807) is 33.8 Å².